The van der Waals surface area contributed by atoms with Crippen LogP contribution in [0, 0.1) is 13.8 Å². The number of aromatic hydroxyl groups is 1. The number of imidazole rings is 2. The summed E-state index contributed by atoms with van der Waals surface area (Å²) in [6.07, 6.45) is 7.24. The van der Waals surface area contributed by atoms with E-state index >= 15 is 0 Å². The third-order valence-corrected chi connectivity index (χ3v) is 6.13. The number of anilines is 1. The van der Waals surface area contributed by atoms with Gasteiger partial charge in [-0.3, -0.25) is 4.79 Å². The third kappa shape index (κ3) is 4.29. The van der Waals surface area contributed by atoms with Gasteiger partial charge in [-0.1, -0.05) is 18.2 Å². The predicted molar refractivity (Wildman–Crippen MR) is 135 cm³/mol. The Hall–Kier alpha value is -4.37. The van der Waals surface area contributed by atoms with Crippen LogP contribution in [0.15, 0.2) is 66.1 Å². The molecule has 5 rings (SSSR count). The monoisotopic (exact) mass is 470 g/mol. The number of nitrogens with zero attached hydrogens (tertiary/aromatic N) is 3. The van der Waals surface area contributed by atoms with Crippen molar-refractivity contribution in [1.82, 2.24) is 24.5 Å². The lowest BCUT2D eigenvalue weighted by molar-refractivity contribution is 0.273. The molecule has 5 N–H and O–H groups in total. The van der Waals surface area contributed by atoms with Crippen molar-refractivity contribution in [1.29, 1.82) is 0 Å². The molecule has 0 fully saturated rings. The molecule has 0 saturated heterocycles. The fraction of sp³-hybridized carbons (Fsp3) is 0.192. The van der Waals surface area contributed by atoms with E-state index < -0.39 is 6.04 Å². The number of hydrogen-bond acceptors (Lipinski definition) is 6. The van der Waals surface area contributed by atoms with Crippen LogP contribution in [0.5, 0.6) is 5.75 Å². The molecule has 0 bridgehead atoms. The highest BCUT2D eigenvalue weighted by molar-refractivity contribution is 5.86. The second-order valence-corrected chi connectivity index (χ2v) is 8.62. The van der Waals surface area contributed by atoms with Gasteiger partial charge in [0.2, 0.25) is 0 Å². The number of aliphatic hydroxyl groups excluding tert-OH is 1. The molecular formula is C26H26N6O3. The van der Waals surface area contributed by atoms with Crippen molar-refractivity contribution < 1.29 is 10.2 Å². The zero-order valence-electron chi connectivity index (χ0n) is 19.4. The van der Waals surface area contributed by atoms with E-state index in [0.717, 1.165) is 27.8 Å². The normalized spacial score (nSPS) is 12.2. The predicted octanol–water partition coefficient (Wildman–Crippen LogP) is 3.44. The van der Waals surface area contributed by atoms with Gasteiger partial charge in [-0.05, 0) is 55.2 Å². The number of hydrogen-bond donors (Lipinski definition) is 5. The zero-order valence-corrected chi connectivity index (χ0v) is 19.4. The molecule has 0 radical (unpaired) electrons. The molecule has 5 aromatic rings. The highest BCUT2D eigenvalue weighted by atomic mass is 16.3. The van der Waals surface area contributed by atoms with Gasteiger partial charge in [0, 0.05) is 24.3 Å². The van der Waals surface area contributed by atoms with Crippen molar-refractivity contribution >= 4 is 16.7 Å². The SMILES string of the molecule is Cc1cccc(CC(CO)Nc2cc[nH]c(=O)c2-c2nc3c(C)cc(-n4ccnc4)cc3[nH]2)c1O. The molecule has 0 aliphatic rings. The van der Waals surface area contributed by atoms with E-state index in [0.29, 0.717) is 29.1 Å². The lowest BCUT2D eigenvalue weighted by Crippen LogP contribution is -2.28. The average Bonchev–Trinajstić information content (AvgIpc) is 3.52. The van der Waals surface area contributed by atoms with E-state index in [1.54, 1.807) is 24.8 Å². The molecular weight excluding hydrogens is 444 g/mol. The van der Waals surface area contributed by atoms with Crippen LogP contribution >= 0.6 is 0 Å². The van der Waals surface area contributed by atoms with Crippen molar-refractivity contribution in [2.75, 3.05) is 11.9 Å². The van der Waals surface area contributed by atoms with E-state index in [9.17, 15) is 15.0 Å². The van der Waals surface area contributed by atoms with Gasteiger partial charge in [-0.2, -0.15) is 0 Å². The number of nitrogens with one attached hydrogen (secondary N) is 3. The lowest BCUT2D eigenvalue weighted by Gasteiger charge is -2.20. The number of rotatable bonds is 7. The molecule has 35 heavy (non-hydrogen) atoms. The molecule has 2 aromatic carbocycles. The molecule has 0 spiro atoms. The molecule has 3 aromatic heterocycles. The third-order valence-electron chi connectivity index (χ3n) is 6.13. The number of aromatic amines is 2. The second kappa shape index (κ2) is 9.11. The summed E-state index contributed by atoms with van der Waals surface area (Å²) in [4.78, 5) is 27.8. The fourth-order valence-corrected chi connectivity index (χ4v) is 4.32. The van der Waals surface area contributed by atoms with Crippen LogP contribution in [0.1, 0.15) is 16.7 Å². The zero-order chi connectivity index (χ0) is 24.5. The van der Waals surface area contributed by atoms with Gasteiger partial charge in [-0.15, -0.1) is 0 Å². The molecule has 3 heterocycles. The molecule has 0 saturated carbocycles. The number of phenolic OH excluding ortho intramolecular Hbond substituents is 1. The van der Waals surface area contributed by atoms with Gasteiger partial charge in [0.25, 0.3) is 5.56 Å². The van der Waals surface area contributed by atoms with Crippen LogP contribution in [-0.2, 0) is 6.42 Å². The standard InChI is InChI=1S/C26H26N6O3/c1-15-4-3-5-17(24(15)34)11-18(13-33)29-20-6-7-28-26(35)22(20)25-30-21-12-19(32-9-8-27-14-32)10-16(2)23(21)31-25/h3-10,12,14,18,33-34H,11,13H2,1-2H3,(H,30,31)(H2,28,29,35). The largest absolute Gasteiger partial charge is 0.507 e. The van der Waals surface area contributed by atoms with E-state index in [1.807, 2.05) is 54.9 Å². The second-order valence-electron chi connectivity index (χ2n) is 8.62. The van der Waals surface area contributed by atoms with Gasteiger partial charge in [0.05, 0.1) is 35.7 Å². The van der Waals surface area contributed by atoms with Gasteiger partial charge < -0.3 is 30.1 Å². The highest BCUT2D eigenvalue weighted by Gasteiger charge is 2.19. The quantitative estimate of drug-likeness (QED) is 0.248. The van der Waals surface area contributed by atoms with E-state index in [-0.39, 0.29) is 17.9 Å². The summed E-state index contributed by atoms with van der Waals surface area (Å²) in [5, 5.41) is 23.7. The number of pyridine rings is 1. The van der Waals surface area contributed by atoms with Crippen molar-refractivity contribution in [3.8, 4) is 22.8 Å². The summed E-state index contributed by atoms with van der Waals surface area (Å²) in [5.74, 6) is 0.630. The summed E-state index contributed by atoms with van der Waals surface area (Å²) in [5.41, 5.74) is 5.50. The Morgan fingerprint density at radius 1 is 1.17 bits per heavy atom. The smallest absolute Gasteiger partial charge is 0.261 e. The van der Waals surface area contributed by atoms with Crippen molar-refractivity contribution in [3.05, 3.63) is 88.4 Å². The Labute approximate surface area is 201 Å². The van der Waals surface area contributed by atoms with E-state index in [4.69, 9.17) is 4.98 Å². The number of benzene rings is 2. The number of fused-ring (bicyclic) bond motifs is 1. The summed E-state index contributed by atoms with van der Waals surface area (Å²) < 4.78 is 1.90. The maximum Gasteiger partial charge on any atom is 0.261 e. The van der Waals surface area contributed by atoms with Crippen LogP contribution < -0.4 is 10.9 Å². The molecule has 1 unspecified atom stereocenters. The average molecular weight is 471 g/mol. The maximum absolute atomic E-state index is 12.9. The van der Waals surface area contributed by atoms with Crippen LogP contribution in [0.3, 0.4) is 0 Å². The minimum Gasteiger partial charge on any atom is -0.507 e. The summed E-state index contributed by atoms with van der Waals surface area (Å²) in [6.45, 7) is 3.61. The van der Waals surface area contributed by atoms with Gasteiger partial charge in [0.1, 0.15) is 17.1 Å². The highest BCUT2D eigenvalue weighted by Crippen LogP contribution is 2.29. The summed E-state index contributed by atoms with van der Waals surface area (Å²) in [7, 11) is 0. The topological polar surface area (TPSA) is 132 Å². The number of H-pyrrole nitrogens is 2. The number of phenols is 1. The number of para-hydroxylation sites is 1. The maximum atomic E-state index is 12.9. The van der Waals surface area contributed by atoms with Crippen LogP contribution in [0.4, 0.5) is 5.69 Å². The van der Waals surface area contributed by atoms with Gasteiger partial charge in [0.15, 0.2) is 0 Å². The Morgan fingerprint density at radius 3 is 2.80 bits per heavy atom. The van der Waals surface area contributed by atoms with Crippen molar-refractivity contribution in [2.45, 2.75) is 26.3 Å². The molecule has 1 atom stereocenters. The van der Waals surface area contributed by atoms with Gasteiger partial charge in [-0.25, -0.2) is 9.97 Å². The minimum absolute atomic E-state index is 0.187. The Morgan fingerprint density at radius 2 is 2.03 bits per heavy atom. The fourth-order valence-electron chi connectivity index (χ4n) is 4.32. The van der Waals surface area contributed by atoms with Crippen LogP contribution in [0.25, 0.3) is 28.1 Å². The summed E-state index contributed by atoms with van der Waals surface area (Å²) in [6, 6.07) is 10.8. The Kier molecular flexibility index (Phi) is 5.84. The first-order valence-corrected chi connectivity index (χ1v) is 11.3. The number of aryl methyl sites for hydroxylation is 2. The van der Waals surface area contributed by atoms with E-state index in [2.05, 4.69) is 20.3 Å². The van der Waals surface area contributed by atoms with Crippen molar-refractivity contribution in [2.24, 2.45) is 0 Å². The first kappa shape index (κ1) is 22.4. The number of aromatic nitrogens is 5. The minimum atomic E-state index is -0.429. The van der Waals surface area contributed by atoms with Crippen molar-refractivity contribution in [3.63, 3.8) is 0 Å². The van der Waals surface area contributed by atoms with Crippen LogP contribution in [-0.4, -0.2) is 47.4 Å². The van der Waals surface area contributed by atoms with Gasteiger partial charge >= 0.3 is 0 Å². The Balaban J connectivity index is 1.52. The van der Waals surface area contributed by atoms with Crippen LogP contribution in [0.2, 0.25) is 0 Å². The Bertz CT molecular complexity index is 1550. The molecule has 9 nitrogen and oxygen atoms in total. The summed E-state index contributed by atoms with van der Waals surface area (Å²) >= 11 is 0. The molecule has 0 aliphatic heterocycles. The first-order valence-electron chi connectivity index (χ1n) is 11.3. The first-order chi connectivity index (χ1) is 16.9. The molecule has 0 aliphatic carbocycles. The lowest BCUT2D eigenvalue weighted by atomic mass is 10.0. The molecule has 9 heteroatoms. The molecule has 178 valence electrons. The van der Waals surface area contributed by atoms with E-state index in [1.165, 1.54) is 0 Å². The number of aliphatic hydroxyl groups is 1. The molecule has 0 amide bonds.